The lowest BCUT2D eigenvalue weighted by Crippen LogP contribution is -2.26. The van der Waals surface area contributed by atoms with Crippen molar-refractivity contribution in [2.75, 3.05) is 7.05 Å². The highest BCUT2D eigenvalue weighted by molar-refractivity contribution is 5.99. The lowest BCUT2D eigenvalue weighted by Gasteiger charge is -2.18. The molecule has 1 heterocycles. The summed E-state index contributed by atoms with van der Waals surface area (Å²) < 4.78 is 13.1. The molecule has 122 valence electrons. The molecule has 0 spiro atoms. The zero-order valence-corrected chi connectivity index (χ0v) is 13.0. The van der Waals surface area contributed by atoms with E-state index in [2.05, 4.69) is 10.2 Å². The molecular formula is C18H16FN3O2. The minimum atomic E-state index is -0.345. The normalized spacial score (nSPS) is 10.6. The van der Waals surface area contributed by atoms with Crippen LogP contribution in [0.5, 0.6) is 5.75 Å². The van der Waals surface area contributed by atoms with E-state index in [0.29, 0.717) is 22.4 Å². The molecule has 24 heavy (non-hydrogen) atoms. The molecule has 5 nitrogen and oxygen atoms in total. The van der Waals surface area contributed by atoms with Crippen LogP contribution in [0.3, 0.4) is 0 Å². The number of H-pyrrole nitrogens is 1. The number of phenolic OH excluding ortho intramolecular Hbond substituents is 1. The van der Waals surface area contributed by atoms with Gasteiger partial charge in [-0.1, -0.05) is 18.2 Å². The molecule has 1 amide bonds. The van der Waals surface area contributed by atoms with E-state index < -0.39 is 0 Å². The fourth-order valence-corrected chi connectivity index (χ4v) is 2.46. The van der Waals surface area contributed by atoms with Gasteiger partial charge in [-0.15, -0.1) is 0 Å². The molecule has 1 aromatic heterocycles. The number of phenols is 1. The van der Waals surface area contributed by atoms with Gasteiger partial charge in [-0.25, -0.2) is 4.39 Å². The standard InChI is InChI=1S/C18H16FN3O2/c1-22(11-13-4-2-3-5-16(13)23)18(24)15-10-20-21-17(15)12-6-8-14(19)9-7-12/h2-10,23H,11H2,1H3,(H,20,21). The summed E-state index contributed by atoms with van der Waals surface area (Å²) in [6.07, 6.45) is 1.45. The van der Waals surface area contributed by atoms with Gasteiger partial charge in [-0.2, -0.15) is 5.10 Å². The largest absolute Gasteiger partial charge is 0.508 e. The van der Waals surface area contributed by atoms with Gasteiger partial charge in [0.25, 0.3) is 5.91 Å². The fourth-order valence-electron chi connectivity index (χ4n) is 2.46. The number of aromatic nitrogens is 2. The van der Waals surface area contributed by atoms with E-state index in [4.69, 9.17) is 0 Å². The Morgan fingerprint density at radius 2 is 1.92 bits per heavy atom. The first-order valence-corrected chi connectivity index (χ1v) is 7.38. The van der Waals surface area contributed by atoms with Crippen molar-refractivity contribution in [1.29, 1.82) is 0 Å². The molecule has 0 aliphatic rings. The van der Waals surface area contributed by atoms with Crippen molar-refractivity contribution in [3.63, 3.8) is 0 Å². The summed E-state index contributed by atoms with van der Waals surface area (Å²) in [6, 6.07) is 12.7. The average Bonchev–Trinajstić information content (AvgIpc) is 3.06. The summed E-state index contributed by atoms with van der Waals surface area (Å²) in [5.41, 5.74) is 2.25. The van der Waals surface area contributed by atoms with Gasteiger partial charge in [0.15, 0.2) is 0 Å². The van der Waals surface area contributed by atoms with Crippen molar-refractivity contribution in [1.82, 2.24) is 15.1 Å². The van der Waals surface area contributed by atoms with Crippen molar-refractivity contribution in [2.45, 2.75) is 6.54 Å². The molecule has 6 heteroatoms. The average molecular weight is 325 g/mol. The number of nitrogens with zero attached hydrogens (tertiary/aromatic N) is 2. The summed E-state index contributed by atoms with van der Waals surface area (Å²) in [7, 11) is 1.65. The van der Waals surface area contributed by atoms with Crippen LogP contribution in [0.4, 0.5) is 4.39 Å². The van der Waals surface area contributed by atoms with E-state index >= 15 is 0 Å². The third-order valence-corrected chi connectivity index (χ3v) is 3.75. The summed E-state index contributed by atoms with van der Waals surface area (Å²) in [5.74, 6) is -0.447. The van der Waals surface area contributed by atoms with Crippen LogP contribution in [-0.4, -0.2) is 33.2 Å². The second-order valence-electron chi connectivity index (χ2n) is 5.46. The topological polar surface area (TPSA) is 69.2 Å². The van der Waals surface area contributed by atoms with Crippen LogP contribution < -0.4 is 0 Å². The number of hydrogen-bond donors (Lipinski definition) is 2. The van der Waals surface area contributed by atoms with Gasteiger partial charge in [-0.05, 0) is 30.3 Å². The number of halogens is 1. The van der Waals surface area contributed by atoms with Crippen LogP contribution in [0.2, 0.25) is 0 Å². The second kappa shape index (κ2) is 6.54. The molecule has 0 unspecified atom stereocenters. The van der Waals surface area contributed by atoms with Crippen LogP contribution in [0.25, 0.3) is 11.3 Å². The second-order valence-corrected chi connectivity index (χ2v) is 5.46. The zero-order chi connectivity index (χ0) is 17.1. The molecule has 0 fully saturated rings. The van der Waals surface area contributed by atoms with Crippen LogP contribution >= 0.6 is 0 Å². The number of rotatable bonds is 4. The Hall–Kier alpha value is -3.15. The lowest BCUT2D eigenvalue weighted by molar-refractivity contribution is 0.0785. The molecule has 0 radical (unpaired) electrons. The van der Waals surface area contributed by atoms with Gasteiger partial charge in [0.05, 0.1) is 17.5 Å². The maximum atomic E-state index is 13.1. The molecule has 0 atom stereocenters. The highest BCUT2D eigenvalue weighted by atomic mass is 19.1. The van der Waals surface area contributed by atoms with Crippen molar-refractivity contribution >= 4 is 5.91 Å². The summed E-state index contributed by atoms with van der Waals surface area (Å²) in [6.45, 7) is 0.263. The predicted molar refractivity (Wildman–Crippen MR) is 87.9 cm³/mol. The van der Waals surface area contributed by atoms with Crippen molar-refractivity contribution in [3.05, 3.63) is 71.7 Å². The first kappa shape index (κ1) is 15.7. The maximum Gasteiger partial charge on any atom is 0.257 e. The third-order valence-electron chi connectivity index (χ3n) is 3.75. The Balaban J connectivity index is 1.84. The van der Waals surface area contributed by atoms with E-state index in [0.717, 1.165) is 0 Å². The number of aromatic hydroxyl groups is 1. The van der Waals surface area contributed by atoms with Crippen LogP contribution in [0.15, 0.2) is 54.7 Å². The fraction of sp³-hybridized carbons (Fsp3) is 0.111. The van der Waals surface area contributed by atoms with E-state index in [-0.39, 0.29) is 24.0 Å². The lowest BCUT2D eigenvalue weighted by atomic mass is 10.1. The van der Waals surface area contributed by atoms with E-state index in [1.165, 1.54) is 23.2 Å². The van der Waals surface area contributed by atoms with Gasteiger partial charge in [-0.3, -0.25) is 9.89 Å². The molecule has 0 aliphatic carbocycles. The van der Waals surface area contributed by atoms with Crippen molar-refractivity contribution < 1.29 is 14.3 Å². The number of benzene rings is 2. The highest BCUT2D eigenvalue weighted by Crippen LogP contribution is 2.24. The molecule has 0 bridgehead atoms. The van der Waals surface area contributed by atoms with Crippen LogP contribution in [0.1, 0.15) is 15.9 Å². The minimum absolute atomic E-state index is 0.142. The monoisotopic (exact) mass is 325 g/mol. The third kappa shape index (κ3) is 3.12. The number of carbonyl (C=O) groups is 1. The Morgan fingerprint density at radius 3 is 2.62 bits per heavy atom. The van der Waals surface area contributed by atoms with Gasteiger partial charge < -0.3 is 10.0 Å². The predicted octanol–water partition coefficient (Wildman–Crippen LogP) is 3.19. The maximum absolute atomic E-state index is 13.1. The van der Waals surface area contributed by atoms with Crippen LogP contribution in [0, 0.1) is 5.82 Å². The van der Waals surface area contributed by atoms with Gasteiger partial charge in [0, 0.05) is 24.7 Å². The summed E-state index contributed by atoms with van der Waals surface area (Å²) in [4.78, 5) is 14.2. The molecule has 2 aromatic carbocycles. The molecular weight excluding hydrogens is 309 g/mol. The minimum Gasteiger partial charge on any atom is -0.508 e. The first-order chi connectivity index (χ1) is 11.6. The zero-order valence-electron chi connectivity index (χ0n) is 13.0. The Morgan fingerprint density at radius 1 is 1.21 bits per heavy atom. The number of carbonyl (C=O) groups excluding carboxylic acids is 1. The van der Waals surface area contributed by atoms with E-state index in [9.17, 15) is 14.3 Å². The Bertz CT molecular complexity index is 859. The van der Waals surface area contributed by atoms with Crippen molar-refractivity contribution in [3.8, 4) is 17.0 Å². The van der Waals surface area contributed by atoms with E-state index in [1.54, 1.807) is 43.4 Å². The number of para-hydroxylation sites is 1. The van der Waals surface area contributed by atoms with Crippen LogP contribution in [-0.2, 0) is 6.54 Å². The number of hydrogen-bond acceptors (Lipinski definition) is 3. The van der Waals surface area contributed by atoms with Gasteiger partial charge in [0.2, 0.25) is 0 Å². The number of aromatic amines is 1. The molecule has 2 N–H and O–H groups in total. The molecule has 3 rings (SSSR count). The van der Waals surface area contributed by atoms with Crippen molar-refractivity contribution in [2.24, 2.45) is 0 Å². The SMILES string of the molecule is CN(Cc1ccccc1O)C(=O)c1cn[nH]c1-c1ccc(F)cc1. The molecule has 3 aromatic rings. The number of amides is 1. The highest BCUT2D eigenvalue weighted by Gasteiger charge is 2.19. The Labute approximate surface area is 138 Å². The number of nitrogens with one attached hydrogen (secondary N) is 1. The molecule has 0 aliphatic heterocycles. The Kier molecular flexibility index (Phi) is 4.29. The summed E-state index contributed by atoms with van der Waals surface area (Å²) in [5, 5.41) is 16.6. The summed E-state index contributed by atoms with van der Waals surface area (Å²) >= 11 is 0. The van der Waals surface area contributed by atoms with Gasteiger partial charge >= 0.3 is 0 Å². The van der Waals surface area contributed by atoms with E-state index in [1.807, 2.05) is 0 Å². The van der Waals surface area contributed by atoms with Gasteiger partial charge in [0.1, 0.15) is 11.6 Å². The first-order valence-electron chi connectivity index (χ1n) is 7.38. The smallest absolute Gasteiger partial charge is 0.257 e. The molecule has 0 saturated carbocycles. The molecule has 0 saturated heterocycles. The quantitative estimate of drug-likeness (QED) is 0.774.